The number of hydrogen-bond donors (Lipinski definition) is 2. The Bertz CT molecular complexity index is 1420. The third-order valence-corrected chi connectivity index (χ3v) is 7.72. The van der Waals surface area contributed by atoms with Crippen LogP contribution in [0.2, 0.25) is 5.02 Å². The van der Waals surface area contributed by atoms with Gasteiger partial charge < -0.3 is 5.32 Å². The quantitative estimate of drug-likeness (QED) is 0.289. The molecule has 34 heavy (non-hydrogen) atoms. The summed E-state index contributed by atoms with van der Waals surface area (Å²) in [5, 5.41) is 4.75. The Morgan fingerprint density at radius 1 is 0.912 bits per heavy atom. The van der Waals surface area contributed by atoms with E-state index in [2.05, 4.69) is 10.0 Å². The van der Waals surface area contributed by atoms with Crippen molar-refractivity contribution in [3.8, 4) is 0 Å². The zero-order chi connectivity index (χ0) is 24.1. The average Bonchev–Trinajstić information content (AvgIpc) is 2.81. The second kappa shape index (κ2) is 10.5. The van der Waals surface area contributed by atoms with Crippen molar-refractivity contribution in [2.75, 3.05) is 15.8 Å². The van der Waals surface area contributed by atoms with E-state index in [-0.39, 0.29) is 22.3 Å². The zero-order valence-corrected chi connectivity index (χ0v) is 20.2. The maximum Gasteiger partial charge on any atom is 0.261 e. The average molecular weight is 515 g/mol. The lowest BCUT2D eigenvalue weighted by atomic mass is 10.1. The summed E-state index contributed by atoms with van der Waals surface area (Å²) in [6, 6.07) is 23.3. The summed E-state index contributed by atoms with van der Waals surface area (Å²) in [5.41, 5.74) is 1.30. The Morgan fingerprint density at radius 2 is 1.62 bits per heavy atom. The van der Waals surface area contributed by atoms with Crippen LogP contribution in [-0.2, 0) is 20.6 Å². The van der Waals surface area contributed by atoms with E-state index in [4.69, 9.17) is 11.6 Å². The van der Waals surface area contributed by atoms with Gasteiger partial charge in [0.2, 0.25) is 5.91 Å². The molecule has 0 unspecified atom stereocenters. The van der Waals surface area contributed by atoms with Crippen molar-refractivity contribution in [3.05, 3.63) is 101 Å². The Labute approximate surface area is 206 Å². The molecular weight excluding hydrogens is 495 g/mol. The molecule has 0 fully saturated rings. The fourth-order valence-electron chi connectivity index (χ4n) is 3.35. The summed E-state index contributed by atoms with van der Waals surface area (Å²) in [6.07, 6.45) is 0. The third kappa shape index (κ3) is 5.70. The molecule has 4 aromatic carbocycles. The first-order valence-electron chi connectivity index (χ1n) is 10.2. The summed E-state index contributed by atoms with van der Waals surface area (Å²) in [7, 11) is -3.82. The first-order chi connectivity index (χ1) is 16.3. The van der Waals surface area contributed by atoms with Crippen molar-refractivity contribution >= 4 is 61.4 Å². The minimum Gasteiger partial charge on any atom is -0.325 e. The summed E-state index contributed by atoms with van der Waals surface area (Å²) >= 11 is 7.23. The minimum absolute atomic E-state index is 0.0713. The summed E-state index contributed by atoms with van der Waals surface area (Å²) in [5.74, 6) is -0.347. The zero-order valence-electron chi connectivity index (χ0n) is 17.8. The SMILES string of the molecule is O=C(CSCc1c(F)cccc1Cl)Nc1ccc(S(=O)(=O)Nc2cccc3ccccc23)cc1. The maximum absolute atomic E-state index is 13.8. The molecule has 2 N–H and O–H groups in total. The number of nitrogens with one attached hydrogen (secondary N) is 2. The lowest BCUT2D eigenvalue weighted by Gasteiger charge is -2.12. The van der Waals surface area contributed by atoms with Crippen LogP contribution in [0, 0.1) is 5.82 Å². The van der Waals surface area contributed by atoms with E-state index in [1.54, 1.807) is 18.2 Å². The van der Waals surface area contributed by atoms with E-state index in [0.717, 1.165) is 10.8 Å². The fourth-order valence-corrected chi connectivity index (χ4v) is 5.59. The number of fused-ring (bicyclic) bond motifs is 1. The predicted octanol–water partition coefficient (Wildman–Crippen LogP) is 6.31. The number of halogens is 2. The topological polar surface area (TPSA) is 75.3 Å². The van der Waals surface area contributed by atoms with Crippen molar-refractivity contribution in [2.45, 2.75) is 10.6 Å². The smallest absolute Gasteiger partial charge is 0.261 e. The molecule has 0 aliphatic rings. The first-order valence-corrected chi connectivity index (χ1v) is 13.3. The van der Waals surface area contributed by atoms with E-state index in [0.29, 0.717) is 22.0 Å². The fraction of sp³-hybridized carbons (Fsp3) is 0.0800. The molecular formula is C25H20ClFN2O3S2. The number of amides is 1. The molecule has 5 nitrogen and oxygen atoms in total. The van der Waals surface area contributed by atoms with Crippen molar-refractivity contribution in [2.24, 2.45) is 0 Å². The van der Waals surface area contributed by atoms with Crippen LogP contribution in [0.15, 0.2) is 89.8 Å². The molecule has 0 bridgehead atoms. The van der Waals surface area contributed by atoms with Gasteiger partial charge in [-0.25, -0.2) is 12.8 Å². The number of sulfonamides is 1. The van der Waals surface area contributed by atoms with Crippen molar-refractivity contribution < 1.29 is 17.6 Å². The van der Waals surface area contributed by atoms with Gasteiger partial charge in [0.1, 0.15) is 5.82 Å². The molecule has 0 spiro atoms. The van der Waals surface area contributed by atoms with Crippen molar-refractivity contribution in [1.82, 2.24) is 0 Å². The van der Waals surface area contributed by atoms with Gasteiger partial charge in [0.05, 0.1) is 16.3 Å². The Balaban J connectivity index is 1.37. The van der Waals surface area contributed by atoms with E-state index in [1.807, 2.05) is 30.3 Å². The number of hydrogen-bond acceptors (Lipinski definition) is 4. The number of anilines is 2. The van der Waals surface area contributed by atoms with E-state index < -0.39 is 15.8 Å². The van der Waals surface area contributed by atoms with Gasteiger partial charge in [-0.3, -0.25) is 9.52 Å². The first kappa shape index (κ1) is 24.1. The molecule has 0 radical (unpaired) electrons. The number of thioether (sulfide) groups is 1. The van der Waals surface area contributed by atoms with Crippen LogP contribution in [-0.4, -0.2) is 20.1 Å². The van der Waals surface area contributed by atoms with Crippen LogP contribution >= 0.6 is 23.4 Å². The molecule has 0 aromatic heterocycles. The van der Waals surface area contributed by atoms with Gasteiger partial charge in [-0.05, 0) is 47.9 Å². The number of benzene rings is 4. The molecule has 0 atom stereocenters. The van der Waals surface area contributed by atoms with E-state index in [1.165, 1.54) is 48.2 Å². The molecule has 1 amide bonds. The third-order valence-electron chi connectivity index (χ3n) is 5.02. The molecule has 9 heteroatoms. The highest BCUT2D eigenvalue weighted by Gasteiger charge is 2.16. The monoisotopic (exact) mass is 514 g/mol. The van der Waals surface area contributed by atoms with Crippen LogP contribution in [0.25, 0.3) is 10.8 Å². The minimum atomic E-state index is -3.82. The summed E-state index contributed by atoms with van der Waals surface area (Å²) in [4.78, 5) is 12.3. The van der Waals surface area contributed by atoms with Crippen LogP contribution in [0.5, 0.6) is 0 Å². The highest BCUT2D eigenvalue weighted by atomic mass is 35.5. The molecule has 0 saturated carbocycles. The molecule has 4 aromatic rings. The number of carbonyl (C=O) groups is 1. The summed E-state index contributed by atoms with van der Waals surface area (Å²) in [6.45, 7) is 0. The Kier molecular flexibility index (Phi) is 7.41. The molecule has 0 aliphatic heterocycles. The highest BCUT2D eigenvalue weighted by Crippen LogP contribution is 2.27. The van der Waals surface area contributed by atoms with Crippen LogP contribution in [0.4, 0.5) is 15.8 Å². The lowest BCUT2D eigenvalue weighted by Crippen LogP contribution is -2.15. The number of rotatable bonds is 8. The highest BCUT2D eigenvalue weighted by molar-refractivity contribution is 7.99. The Hall–Kier alpha value is -3.07. The molecule has 4 rings (SSSR count). The van der Waals surface area contributed by atoms with Gasteiger partial charge in [-0.2, -0.15) is 0 Å². The Morgan fingerprint density at radius 3 is 2.38 bits per heavy atom. The van der Waals surface area contributed by atoms with Crippen molar-refractivity contribution in [1.29, 1.82) is 0 Å². The van der Waals surface area contributed by atoms with Crippen LogP contribution in [0.1, 0.15) is 5.56 Å². The van der Waals surface area contributed by atoms with Gasteiger partial charge in [-0.15, -0.1) is 11.8 Å². The van der Waals surface area contributed by atoms with Gasteiger partial charge in [0.15, 0.2) is 0 Å². The van der Waals surface area contributed by atoms with Crippen molar-refractivity contribution in [3.63, 3.8) is 0 Å². The van der Waals surface area contributed by atoms with Crippen LogP contribution < -0.4 is 10.0 Å². The van der Waals surface area contributed by atoms with Gasteiger partial charge in [0, 0.05) is 27.4 Å². The second-order valence-corrected chi connectivity index (χ2v) is 10.5. The normalized spacial score (nSPS) is 11.4. The predicted molar refractivity (Wildman–Crippen MR) is 137 cm³/mol. The van der Waals surface area contributed by atoms with Gasteiger partial charge >= 0.3 is 0 Å². The van der Waals surface area contributed by atoms with Crippen LogP contribution in [0.3, 0.4) is 0 Å². The standard InChI is InChI=1S/C25H20ClFN2O3S2/c26-22-8-4-9-23(27)21(22)15-33-16-25(30)28-18-11-13-19(14-12-18)34(31,32)29-24-10-3-6-17-5-1-2-7-20(17)24/h1-14,29H,15-16H2,(H,28,30). The molecule has 0 heterocycles. The molecule has 174 valence electrons. The second-order valence-electron chi connectivity index (χ2n) is 7.40. The van der Waals surface area contributed by atoms with E-state index >= 15 is 0 Å². The molecule has 0 aliphatic carbocycles. The number of carbonyl (C=O) groups excluding carboxylic acids is 1. The largest absolute Gasteiger partial charge is 0.325 e. The van der Waals surface area contributed by atoms with E-state index in [9.17, 15) is 17.6 Å². The van der Waals surface area contributed by atoms with Gasteiger partial charge in [-0.1, -0.05) is 54.1 Å². The summed E-state index contributed by atoms with van der Waals surface area (Å²) < 4.78 is 42.2. The molecule has 0 saturated heterocycles. The maximum atomic E-state index is 13.8. The lowest BCUT2D eigenvalue weighted by molar-refractivity contribution is -0.113. The van der Waals surface area contributed by atoms with Gasteiger partial charge in [0.25, 0.3) is 10.0 Å².